The zero-order valence-corrected chi connectivity index (χ0v) is 17.5. The largest absolute Gasteiger partial charge is 0.413 e. The fraction of sp³-hybridized carbons (Fsp3) is 0.0800. The highest BCUT2D eigenvalue weighted by Crippen LogP contribution is 2.29. The lowest BCUT2D eigenvalue weighted by molar-refractivity contribution is 0.101. The molecule has 156 valence electrons. The molecule has 2 aromatic heterocycles. The van der Waals surface area contributed by atoms with Crippen LogP contribution in [0.4, 0.5) is 11.5 Å². The number of Topliss-reactive ketones (excluding diaryl/α,β-unsaturated/α-hetero) is 1. The minimum atomic E-state index is -0.00331. The summed E-state index contributed by atoms with van der Waals surface area (Å²) in [6, 6.07) is 22.8. The Bertz CT molecular complexity index is 1460. The summed E-state index contributed by atoms with van der Waals surface area (Å²) in [5, 5.41) is 12.5. The fourth-order valence-corrected chi connectivity index (χ4v) is 3.43. The summed E-state index contributed by atoms with van der Waals surface area (Å²) in [6.07, 6.45) is 0. The van der Waals surface area contributed by atoms with Crippen LogP contribution in [0.25, 0.3) is 34.1 Å². The van der Waals surface area contributed by atoms with Gasteiger partial charge in [0, 0.05) is 22.2 Å². The molecular weight excluding hydrogens is 402 g/mol. The lowest BCUT2D eigenvalue weighted by Crippen LogP contribution is -2.00. The van der Waals surface area contributed by atoms with E-state index < -0.39 is 0 Å². The van der Waals surface area contributed by atoms with Crippen LogP contribution in [0.2, 0.25) is 0 Å². The van der Waals surface area contributed by atoms with Crippen LogP contribution in [0, 0.1) is 6.92 Å². The zero-order chi connectivity index (χ0) is 22.1. The lowest BCUT2D eigenvalue weighted by atomic mass is 10.1. The first-order valence-corrected chi connectivity index (χ1v) is 10.1. The molecule has 5 rings (SSSR count). The van der Waals surface area contributed by atoms with Gasteiger partial charge < -0.3 is 9.73 Å². The molecule has 7 heteroatoms. The average Bonchev–Trinajstić information content (AvgIpc) is 3.30. The second-order valence-corrected chi connectivity index (χ2v) is 7.46. The van der Waals surface area contributed by atoms with E-state index in [2.05, 4.69) is 25.5 Å². The number of hydrogen-bond donors (Lipinski definition) is 1. The van der Waals surface area contributed by atoms with E-state index in [0.717, 1.165) is 27.7 Å². The molecule has 0 radical (unpaired) electrons. The van der Waals surface area contributed by atoms with Crippen molar-refractivity contribution in [3.63, 3.8) is 0 Å². The zero-order valence-electron chi connectivity index (χ0n) is 17.5. The molecule has 32 heavy (non-hydrogen) atoms. The SMILES string of the molecule is CC(=O)c1cccc(Nc2nc(-c3nnc(-c4cccc(C)c4)o3)nc3ccccc23)c1. The molecule has 0 aliphatic carbocycles. The Kier molecular flexibility index (Phi) is 4.91. The summed E-state index contributed by atoms with van der Waals surface area (Å²) >= 11 is 0. The summed E-state index contributed by atoms with van der Waals surface area (Å²) in [6.45, 7) is 3.55. The first-order valence-electron chi connectivity index (χ1n) is 10.1. The molecule has 0 spiro atoms. The maximum absolute atomic E-state index is 11.8. The topological polar surface area (TPSA) is 93.8 Å². The summed E-state index contributed by atoms with van der Waals surface area (Å²) < 4.78 is 5.90. The minimum absolute atomic E-state index is 0.00331. The van der Waals surface area contributed by atoms with Gasteiger partial charge in [0.15, 0.2) is 5.78 Å². The Labute approximate surface area is 184 Å². The van der Waals surface area contributed by atoms with Gasteiger partial charge in [0.2, 0.25) is 11.7 Å². The third-order valence-electron chi connectivity index (χ3n) is 5.02. The first kappa shape index (κ1) is 19.6. The summed E-state index contributed by atoms with van der Waals surface area (Å²) in [4.78, 5) is 21.0. The number of carbonyl (C=O) groups excluding carboxylic acids is 1. The number of hydrogen-bond acceptors (Lipinski definition) is 7. The van der Waals surface area contributed by atoms with E-state index in [4.69, 9.17) is 4.42 Å². The smallest absolute Gasteiger partial charge is 0.286 e. The lowest BCUT2D eigenvalue weighted by Gasteiger charge is -2.10. The molecular formula is C25H19N5O2. The van der Waals surface area contributed by atoms with Gasteiger partial charge >= 0.3 is 0 Å². The Balaban J connectivity index is 1.57. The van der Waals surface area contributed by atoms with Crippen LogP contribution in [0.15, 0.2) is 77.2 Å². The maximum atomic E-state index is 11.8. The number of nitrogens with zero attached hydrogens (tertiary/aromatic N) is 4. The normalized spacial score (nSPS) is 10.9. The van der Waals surface area contributed by atoms with Crippen LogP contribution in [0.3, 0.4) is 0 Å². The predicted octanol–water partition coefficient (Wildman–Crippen LogP) is 5.60. The number of fused-ring (bicyclic) bond motifs is 1. The molecule has 0 saturated carbocycles. The summed E-state index contributed by atoms with van der Waals surface area (Å²) in [7, 11) is 0. The van der Waals surface area contributed by atoms with Crippen molar-refractivity contribution in [2.75, 3.05) is 5.32 Å². The number of benzene rings is 3. The van der Waals surface area contributed by atoms with Crippen LogP contribution < -0.4 is 5.32 Å². The molecule has 1 N–H and O–H groups in total. The second kappa shape index (κ2) is 8.03. The maximum Gasteiger partial charge on any atom is 0.286 e. The van der Waals surface area contributed by atoms with E-state index in [-0.39, 0.29) is 11.7 Å². The Hall–Kier alpha value is -4.39. The van der Waals surface area contributed by atoms with Crippen molar-refractivity contribution >= 4 is 28.2 Å². The Morgan fingerprint density at radius 3 is 2.53 bits per heavy atom. The van der Waals surface area contributed by atoms with Crippen LogP contribution in [0.5, 0.6) is 0 Å². The molecule has 0 atom stereocenters. The van der Waals surface area contributed by atoms with Gasteiger partial charge in [-0.3, -0.25) is 4.79 Å². The molecule has 0 aliphatic heterocycles. The van der Waals surface area contributed by atoms with E-state index in [1.807, 2.05) is 67.6 Å². The van der Waals surface area contributed by atoms with Gasteiger partial charge in [-0.1, -0.05) is 42.0 Å². The predicted molar refractivity (Wildman–Crippen MR) is 123 cm³/mol. The molecule has 3 aromatic carbocycles. The number of aromatic nitrogens is 4. The summed E-state index contributed by atoms with van der Waals surface area (Å²) in [5.41, 5.74) is 4.04. The number of nitrogens with one attached hydrogen (secondary N) is 1. The third kappa shape index (κ3) is 3.83. The van der Waals surface area contributed by atoms with Crippen molar-refractivity contribution in [1.82, 2.24) is 20.2 Å². The van der Waals surface area contributed by atoms with Gasteiger partial charge in [0.05, 0.1) is 5.52 Å². The van der Waals surface area contributed by atoms with Crippen molar-refractivity contribution in [3.8, 4) is 23.2 Å². The van der Waals surface area contributed by atoms with Gasteiger partial charge in [-0.15, -0.1) is 10.2 Å². The molecule has 0 bridgehead atoms. The van der Waals surface area contributed by atoms with E-state index >= 15 is 0 Å². The number of rotatable bonds is 5. The highest BCUT2D eigenvalue weighted by molar-refractivity contribution is 5.96. The van der Waals surface area contributed by atoms with E-state index in [9.17, 15) is 4.79 Å². The molecule has 2 heterocycles. The molecule has 0 fully saturated rings. The number of anilines is 2. The van der Waals surface area contributed by atoms with E-state index in [1.54, 1.807) is 19.1 Å². The molecule has 5 aromatic rings. The van der Waals surface area contributed by atoms with Gasteiger partial charge in [0.1, 0.15) is 5.82 Å². The molecule has 0 aliphatic rings. The van der Waals surface area contributed by atoms with Crippen molar-refractivity contribution in [2.24, 2.45) is 0 Å². The van der Waals surface area contributed by atoms with Gasteiger partial charge in [0.25, 0.3) is 5.89 Å². The van der Waals surface area contributed by atoms with Crippen molar-refractivity contribution in [2.45, 2.75) is 13.8 Å². The van der Waals surface area contributed by atoms with Gasteiger partial charge in [-0.2, -0.15) is 0 Å². The van der Waals surface area contributed by atoms with E-state index in [1.165, 1.54) is 0 Å². The third-order valence-corrected chi connectivity index (χ3v) is 5.02. The van der Waals surface area contributed by atoms with Gasteiger partial charge in [-0.05, 0) is 50.2 Å². The first-order chi connectivity index (χ1) is 15.6. The Morgan fingerprint density at radius 2 is 1.69 bits per heavy atom. The average molecular weight is 421 g/mol. The van der Waals surface area contributed by atoms with Gasteiger partial charge in [-0.25, -0.2) is 9.97 Å². The standard InChI is InChI=1S/C25H19N5O2/c1-15-7-5-9-18(13-15)24-29-30-25(32-24)23-27-21-12-4-3-11-20(21)22(28-23)26-19-10-6-8-17(14-19)16(2)31/h3-14H,1-2H3,(H,26,27,28). The quantitative estimate of drug-likeness (QED) is 0.369. The summed E-state index contributed by atoms with van der Waals surface area (Å²) in [5.74, 6) is 1.54. The number of ketones is 1. The highest BCUT2D eigenvalue weighted by Gasteiger charge is 2.16. The molecule has 0 saturated heterocycles. The monoisotopic (exact) mass is 421 g/mol. The van der Waals surface area contributed by atoms with Crippen LogP contribution in [0.1, 0.15) is 22.8 Å². The molecule has 0 amide bonds. The van der Waals surface area contributed by atoms with Crippen molar-refractivity contribution < 1.29 is 9.21 Å². The fourth-order valence-electron chi connectivity index (χ4n) is 3.43. The van der Waals surface area contributed by atoms with Crippen molar-refractivity contribution in [1.29, 1.82) is 0 Å². The molecule has 0 unspecified atom stereocenters. The van der Waals surface area contributed by atoms with Crippen LogP contribution in [-0.4, -0.2) is 25.9 Å². The molecule has 7 nitrogen and oxygen atoms in total. The van der Waals surface area contributed by atoms with E-state index in [0.29, 0.717) is 23.1 Å². The second-order valence-electron chi connectivity index (χ2n) is 7.46. The Morgan fingerprint density at radius 1 is 0.875 bits per heavy atom. The number of carbonyl (C=O) groups is 1. The van der Waals surface area contributed by atoms with Crippen LogP contribution in [-0.2, 0) is 0 Å². The minimum Gasteiger partial charge on any atom is -0.413 e. The van der Waals surface area contributed by atoms with Crippen LogP contribution >= 0.6 is 0 Å². The van der Waals surface area contributed by atoms with Crippen molar-refractivity contribution in [3.05, 3.63) is 83.9 Å². The highest BCUT2D eigenvalue weighted by atomic mass is 16.4. The number of para-hydroxylation sites is 1. The number of aryl methyl sites for hydroxylation is 1.